The Morgan fingerprint density at radius 2 is 1.83 bits per heavy atom. The lowest BCUT2D eigenvalue weighted by Gasteiger charge is -2.33. The van der Waals surface area contributed by atoms with Gasteiger partial charge >= 0.3 is 0 Å². The fourth-order valence-electron chi connectivity index (χ4n) is 3.09. The zero-order valence-corrected chi connectivity index (χ0v) is 14.4. The minimum Gasteiger partial charge on any atom is -0.490 e. The number of morpholine rings is 1. The van der Waals surface area contributed by atoms with Crippen molar-refractivity contribution in [3.8, 4) is 0 Å². The summed E-state index contributed by atoms with van der Waals surface area (Å²) in [6.45, 7) is 6.83. The molecule has 4 nitrogen and oxygen atoms in total. The van der Waals surface area contributed by atoms with Gasteiger partial charge in [0.25, 0.3) is 0 Å². The maximum atomic E-state index is 6.00. The summed E-state index contributed by atoms with van der Waals surface area (Å²) in [5.41, 5.74) is 1.34. The highest BCUT2D eigenvalue weighted by Crippen LogP contribution is 2.22. The molecule has 1 unspecified atom stereocenters. The Hall–Kier alpha value is -1.78. The minimum atomic E-state index is 0.105. The standard InChI is InChI=1S/C20H27NO3/c1-2-22-19-10-6-7-11-20(19)24-16-18-15-21(12-13-23-18)14-17-8-4-3-5-9-17/h3-5,8-11,18H,2,6-7,12-16H2,1H3. The van der Waals surface area contributed by atoms with Crippen LogP contribution in [0.4, 0.5) is 0 Å². The van der Waals surface area contributed by atoms with E-state index >= 15 is 0 Å². The van der Waals surface area contributed by atoms with Gasteiger partial charge in [0.15, 0.2) is 11.5 Å². The van der Waals surface area contributed by atoms with E-state index in [-0.39, 0.29) is 6.10 Å². The first-order chi connectivity index (χ1) is 11.8. The first kappa shape index (κ1) is 17.1. The zero-order valence-electron chi connectivity index (χ0n) is 14.4. The lowest BCUT2D eigenvalue weighted by Crippen LogP contribution is -2.43. The van der Waals surface area contributed by atoms with Gasteiger partial charge < -0.3 is 14.2 Å². The van der Waals surface area contributed by atoms with E-state index in [0.29, 0.717) is 13.2 Å². The van der Waals surface area contributed by atoms with E-state index in [9.17, 15) is 0 Å². The zero-order chi connectivity index (χ0) is 16.6. The molecule has 0 aromatic heterocycles. The number of benzene rings is 1. The molecule has 0 saturated carbocycles. The van der Waals surface area contributed by atoms with Crippen LogP contribution in [0, 0.1) is 0 Å². The molecule has 0 radical (unpaired) electrons. The molecule has 130 valence electrons. The molecule has 1 aliphatic heterocycles. The van der Waals surface area contributed by atoms with Crippen molar-refractivity contribution in [2.75, 3.05) is 32.9 Å². The van der Waals surface area contributed by atoms with Gasteiger partial charge in [-0.1, -0.05) is 30.3 Å². The Morgan fingerprint density at radius 1 is 1.08 bits per heavy atom. The first-order valence-corrected chi connectivity index (χ1v) is 8.89. The molecular formula is C20H27NO3. The Kier molecular flexibility index (Phi) is 6.33. The van der Waals surface area contributed by atoms with E-state index in [1.807, 2.05) is 6.92 Å². The maximum Gasteiger partial charge on any atom is 0.157 e. The average Bonchev–Trinajstić information content (AvgIpc) is 2.62. The molecule has 1 saturated heterocycles. The molecule has 3 rings (SSSR count). The van der Waals surface area contributed by atoms with E-state index in [0.717, 1.165) is 50.6 Å². The van der Waals surface area contributed by atoms with E-state index < -0.39 is 0 Å². The molecule has 0 spiro atoms. The van der Waals surface area contributed by atoms with E-state index in [1.165, 1.54) is 5.56 Å². The van der Waals surface area contributed by atoms with Crippen LogP contribution in [0.25, 0.3) is 0 Å². The number of nitrogens with zero attached hydrogens (tertiary/aromatic N) is 1. The summed E-state index contributed by atoms with van der Waals surface area (Å²) in [5, 5.41) is 0. The summed E-state index contributed by atoms with van der Waals surface area (Å²) in [7, 11) is 0. The van der Waals surface area contributed by atoms with Gasteiger partial charge in [0.05, 0.1) is 13.2 Å². The third kappa shape index (κ3) is 4.86. The van der Waals surface area contributed by atoms with Gasteiger partial charge in [-0.15, -0.1) is 0 Å². The third-order valence-electron chi connectivity index (χ3n) is 4.27. The van der Waals surface area contributed by atoms with Crippen LogP contribution in [0.5, 0.6) is 0 Å². The molecule has 0 N–H and O–H groups in total. The van der Waals surface area contributed by atoms with Gasteiger partial charge in [-0.25, -0.2) is 0 Å². The molecule has 1 atom stereocenters. The maximum absolute atomic E-state index is 6.00. The van der Waals surface area contributed by atoms with Crippen LogP contribution < -0.4 is 0 Å². The van der Waals surface area contributed by atoms with Crippen LogP contribution in [-0.4, -0.2) is 43.9 Å². The summed E-state index contributed by atoms with van der Waals surface area (Å²) in [4.78, 5) is 2.43. The fraction of sp³-hybridized carbons (Fsp3) is 0.500. The van der Waals surface area contributed by atoms with Gasteiger partial charge in [-0.3, -0.25) is 4.90 Å². The number of hydrogen-bond donors (Lipinski definition) is 0. The molecule has 0 amide bonds. The van der Waals surface area contributed by atoms with Crippen molar-refractivity contribution >= 4 is 0 Å². The summed E-state index contributed by atoms with van der Waals surface area (Å²) in [6, 6.07) is 10.6. The smallest absolute Gasteiger partial charge is 0.157 e. The molecule has 4 heteroatoms. The van der Waals surface area contributed by atoms with Crippen LogP contribution in [0.2, 0.25) is 0 Å². The summed E-state index contributed by atoms with van der Waals surface area (Å²) in [5.74, 6) is 1.74. The van der Waals surface area contributed by atoms with Crippen LogP contribution in [0.3, 0.4) is 0 Å². The van der Waals surface area contributed by atoms with Gasteiger partial charge in [-0.2, -0.15) is 0 Å². The molecule has 1 aromatic rings. The minimum absolute atomic E-state index is 0.105. The predicted molar refractivity (Wildman–Crippen MR) is 94.4 cm³/mol. The Labute approximate surface area is 144 Å². The van der Waals surface area contributed by atoms with Crippen molar-refractivity contribution in [2.45, 2.75) is 32.4 Å². The molecule has 1 aromatic carbocycles. The average molecular weight is 329 g/mol. The molecule has 2 aliphatic rings. The Bertz CT molecular complexity index is 568. The Morgan fingerprint density at radius 3 is 2.58 bits per heavy atom. The first-order valence-electron chi connectivity index (χ1n) is 8.89. The predicted octanol–water partition coefficient (Wildman–Crippen LogP) is 3.50. The van der Waals surface area contributed by atoms with E-state index in [4.69, 9.17) is 14.2 Å². The van der Waals surface area contributed by atoms with Gasteiger partial charge in [-0.05, 0) is 37.5 Å². The van der Waals surface area contributed by atoms with Crippen molar-refractivity contribution in [1.29, 1.82) is 0 Å². The number of allylic oxidation sites excluding steroid dienone is 2. The second-order valence-corrected chi connectivity index (χ2v) is 6.17. The lowest BCUT2D eigenvalue weighted by molar-refractivity contribution is -0.0618. The highest BCUT2D eigenvalue weighted by Gasteiger charge is 2.22. The molecule has 24 heavy (non-hydrogen) atoms. The molecule has 1 fully saturated rings. The lowest BCUT2D eigenvalue weighted by atomic mass is 10.1. The number of hydrogen-bond acceptors (Lipinski definition) is 4. The van der Waals surface area contributed by atoms with Crippen molar-refractivity contribution in [3.63, 3.8) is 0 Å². The van der Waals surface area contributed by atoms with Crippen LogP contribution in [-0.2, 0) is 20.8 Å². The fourth-order valence-corrected chi connectivity index (χ4v) is 3.09. The summed E-state index contributed by atoms with van der Waals surface area (Å²) >= 11 is 0. The Balaban J connectivity index is 1.48. The molecule has 0 bridgehead atoms. The molecular weight excluding hydrogens is 302 g/mol. The van der Waals surface area contributed by atoms with Gasteiger partial charge in [0.2, 0.25) is 0 Å². The van der Waals surface area contributed by atoms with Crippen molar-refractivity contribution in [2.24, 2.45) is 0 Å². The highest BCUT2D eigenvalue weighted by atomic mass is 16.6. The van der Waals surface area contributed by atoms with E-state index in [2.05, 4.69) is 47.4 Å². The SMILES string of the molecule is CCOC1=CCCC=C1OCC1CN(Cc2ccccc2)CCO1. The van der Waals surface area contributed by atoms with Crippen LogP contribution in [0.15, 0.2) is 54.0 Å². The topological polar surface area (TPSA) is 30.9 Å². The van der Waals surface area contributed by atoms with E-state index in [1.54, 1.807) is 0 Å². The van der Waals surface area contributed by atoms with Crippen molar-refractivity contribution in [1.82, 2.24) is 4.90 Å². The second kappa shape index (κ2) is 8.90. The van der Waals surface area contributed by atoms with Crippen molar-refractivity contribution in [3.05, 3.63) is 59.6 Å². The summed E-state index contributed by atoms with van der Waals surface area (Å²) < 4.78 is 17.5. The van der Waals surface area contributed by atoms with Gasteiger partial charge in [0.1, 0.15) is 12.7 Å². The van der Waals surface area contributed by atoms with Crippen LogP contribution in [0.1, 0.15) is 25.3 Å². The molecule has 1 heterocycles. The van der Waals surface area contributed by atoms with Crippen molar-refractivity contribution < 1.29 is 14.2 Å². The highest BCUT2D eigenvalue weighted by molar-refractivity contribution is 5.23. The van der Waals surface area contributed by atoms with Gasteiger partial charge in [0, 0.05) is 19.6 Å². The quantitative estimate of drug-likeness (QED) is 0.766. The summed E-state index contributed by atoms with van der Waals surface area (Å²) in [6.07, 6.45) is 6.37. The largest absolute Gasteiger partial charge is 0.490 e. The third-order valence-corrected chi connectivity index (χ3v) is 4.27. The van der Waals surface area contributed by atoms with Crippen LogP contribution >= 0.6 is 0 Å². The number of ether oxygens (including phenoxy) is 3. The second-order valence-electron chi connectivity index (χ2n) is 6.17. The monoisotopic (exact) mass is 329 g/mol. The normalized spacial score (nSPS) is 21.8. The number of rotatable bonds is 7. The molecule has 1 aliphatic carbocycles.